The summed E-state index contributed by atoms with van der Waals surface area (Å²) in [7, 11) is 3.94. The summed E-state index contributed by atoms with van der Waals surface area (Å²) in [5.41, 5.74) is 6.03. The number of nitrogens with two attached hydrogens (primary N) is 1. The number of nitrogens with zero attached hydrogens (tertiary/aromatic N) is 5. The standard InChI is InChI=1S/C18H32N6O/c1-22-8-10-23(11-9-22)16-13-17(21-18(19)20-16)24-7-3-5-15(14-24)6-4-12-25-2/h13,15H,3-12,14H2,1-2H3,(H2,19,20,21)/t15-/m1/s1. The maximum absolute atomic E-state index is 6.03. The molecule has 0 bridgehead atoms. The zero-order valence-electron chi connectivity index (χ0n) is 15.7. The molecule has 2 saturated heterocycles. The first-order chi connectivity index (χ1) is 12.2. The Labute approximate surface area is 151 Å². The third kappa shape index (κ3) is 4.95. The van der Waals surface area contributed by atoms with Crippen molar-refractivity contribution >= 4 is 17.6 Å². The van der Waals surface area contributed by atoms with Crippen LogP contribution in [0.5, 0.6) is 0 Å². The second-order valence-electron chi connectivity index (χ2n) is 7.32. The average Bonchev–Trinajstić information content (AvgIpc) is 2.62. The summed E-state index contributed by atoms with van der Waals surface area (Å²) in [6, 6.07) is 2.12. The van der Waals surface area contributed by atoms with Crippen molar-refractivity contribution < 1.29 is 4.74 Å². The summed E-state index contributed by atoms with van der Waals surface area (Å²) in [6.07, 6.45) is 4.86. The summed E-state index contributed by atoms with van der Waals surface area (Å²) in [6.45, 7) is 7.07. The van der Waals surface area contributed by atoms with Gasteiger partial charge in [0.15, 0.2) is 0 Å². The van der Waals surface area contributed by atoms with E-state index in [-0.39, 0.29) is 0 Å². The Morgan fingerprint density at radius 2 is 1.84 bits per heavy atom. The van der Waals surface area contributed by atoms with Gasteiger partial charge in [-0.1, -0.05) is 0 Å². The summed E-state index contributed by atoms with van der Waals surface area (Å²) in [4.78, 5) is 16.1. The molecule has 0 aliphatic carbocycles. The average molecular weight is 348 g/mol. The molecule has 1 aromatic rings. The maximum atomic E-state index is 6.03. The van der Waals surface area contributed by atoms with E-state index in [4.69, 9.17) is 10.5 Å². The number of piperidine rings is 1. The van der Waals surface area contributed by atoms with Gasteiger partial charge < -0.3 is 25.2 Å². The Kier molecular flexibility index (Phi) is 6.31. The van der Waals surface area contributed by atoms with E-state index in [1.54, 1.807) is 7.11 Å². The Morgan fingerprint density at radius 1 is 1.12 bits per heavy atom. The molecule has 3 heterocycles. The van der Waals surface area contributed by atoms with Crippen LogP contribution in [-0.2, 0) is 4.74 Å². The molecule has 1 atom stereocenters. The Balaban J connectivity index is 1.67. The third-order valence-electron chi connectivity index (χ3n) is 5.35. The van der Waals surface area contributed by atoms with E-state index in [9.17, 15) is 0 Å². The second-order valence-corrected chi connectivity index (χ2v) is 7.32. The van der Waals surface area contributed by atoms with Crippen molar-refractivity contribution in [2.45, 2.75) is 25.7 Å². The van der Waals surface area contributed by atoms with Crippen molar-refractivity contribution in [3.8, 4) is 0 Å². The van der Waals surface area contributed by atoms with Crippen LogP contribution < -0.4 is 15.5 Å². The molecule has 0 amide bonds. The lowest BCUT2D eigenvalue weighted by Crippen LogP contribution is -2.45. The van der Waals surface area contributed by atoms with Crippen LogP contribution in [0.3, 0.4) is 0 Å². The molecule has 0 spiro atoms. The van der Waals surface area contributed by atoms with Gasteiger partial charge in [-0.2, -0.15) is 9.97 Å². The summed E-state index contributed by atoms with van der Waals surface area (Å²) in [5.74, 6) is 3.05. The van der Waals surface area contributed by atoms with Gasteiger partial charge in [0.2, 0.25) is 5.95 Å². The van der Waals surface area contributed by atoms with Crippen LogP contribution >= 0.6 is 0 Å². The first kappa shape index (κ1) is 18.2. The SMILES string of the molecule is COCCC[C@H]1CCCN(c2cc(N3CCN(C)CC3)nc(N)n2)C1. The van der Waals surface area contributed by atoms with E-state index in [1.807, 2.05) is 0 Å². The predicted molar refractivity (Wildman–Crippen MR) is 102 cm³/mol. The van der Waals surface area contributed by atoms with Gasteiger partial charge in [-0.3, -0.25) is 0 Å². The summed E-state index contributed by atoms with van der Waals surface area (Å²) < 4.78 is 5.19. The number of aromatic nitrogens is 2. The van der Waals surface area contributed by atoms with E-state index in [0.717, 1.165) is 63.9 Å². The lowest BCUT2D eigenvalue weighted by molar-refractivity contribution is 0.184. The monoisotopic (exact) mass is 348 g/mol. The molecule has 2 aliphatic heterocycles. The molecule has 140 valence electrons. The number of hydrogen-bond acceptors (Lipinski definition) is 7. The molecule has 7 heteroatoms. The lowest BCUT2D eigenvalue weighted by Gasteiger charge is -2.36. The fraction of sp³-hybridized carbons (Fsp3) is 0.778. The molecular weight excluding hydrogens is 316 g/mol. The number of rotatable bonds is 6. The van der Waals surface area contributed by atoms with Crippen LogP contribution in [0.25, 0.3) is 0 Å². The molecule has 0 unspecified atom stereocenters. The highest BCUT2D eigenvalue weighted by molar-refractivity contribution is 5.54. The van der Waals surface area contributed by atoms with Crippen LogP contribution in [-0.4, -0.2) is 74.9 Å². The number of likely N-dealkylation sites (N-methyl/N-ethyl adjacent to an activating group) is 1. The van der Waals surface area contributed by atoms with E-state index < -0.39 is 0 Å². The molecule has 25 heavy (non-hydrogen) atoms. The minimum absolute atomic E-state index is 0.382. The van der Waals surface area contributed by atoms with E-state index >= 15 is 0 Å². The fourth-order valence-electron chi connectivity index (χ4n) is 3.82. The van der Waals surface area contributed by atoms with Crippen molar-refractivity contribution in [3.05, 3.63) is 6.07 Å². The number of ether oxygens (including phenoxy) is 1. The van der Waals surface area contributed by atoms with Gasteiger partial charge in [0.25, 0.3) is 0 Å². The van der Waals surface area contributed by atoms with Crippen LogP contribution in [0.15, 0.2) is 6.07 Å². The van der Waals surface area contributed by atoms with Gasteiger partial charge >= 0.3 is 0 Å². The highest BCUT2D eigenvalue weighted by Gasteiger charge is 2.23. The molecule has 7 nitrogen and oxygen atoms in total. The normalized spacial score (nSPS) is 22.4. The quantitative estimate of drug-likeness (QED) is 0.780. The lowest BCUT2D eigenvalue weighted by atomic mass is 9.93. The van der Waals surface area contributed by atoms with Crippen molar-refractivity contribution in [2.75, 3.05) is 75.6 Å². The van der Waals surface area contributed by atoms with E-state index in [0.29, 0.717) is 11.9 Å². The second kappa shape index (κ2) is 8.67. The third-order valence-corrected chi connectivity index (χ3v) is 5.35. The molecule has 0 radical (unpaired) electrons. The van der Waals surface area contributed by atoms with E-state index in [1.165, 1.54) is 19.3 Å². The molecule has 1 aromatic heterocycles. The van der Waals surface area contributed by atoms with Gasteiger partial charge in [0.05, 0.1) is 0 Å². The van der Waals surface area contributed by atoms with Crippen LogP contribution in [0.4, 0.5) is 17.6 Å². The highest BCUT2D eigenvalue weighted by atomic mass is 16.5. The smallest absolute Gasteiger partial charge is 0.223 e. The van der Waals surface area contributed by atoms with Gasteiger partial charge in [0, 0.05) is 59.1 Å². The van der Waals surface area contributed by atoms with Gasteiger partial charge in [-0.05, 0) is 38.6 Å². The molecular formula is C18H32N6O. The van der Waals surface area contributed by atoms with Crippen molar-refractivity contribution in [3.63, 3.8) is 0 Å². The molecule has 2 N–H and O–H groups in total. The largest absolute Gasteiger partial charge is 0.385 e. The predicted octanol–water partition coefficient (Wildman–Crippen LogP) is 1.45. The zero-order valence-corrected chi connectivity index (χ0v) is 15.7. The van der Waals surface area contributed by atoms with E-state index in [2.05, 4.69) is 37.8 Å². The van der Waals surface area contributed by atoms with Crippen molar-refractivity contribution in [1.82, 2.24) is 14.9 Å². The molecule has 0 aromatic carbocycles. The van der Waals surface area contributed by atoms with Crippen LogP contribution in [0.2, 0.25) is 0 Å². The van der Waals surface area contributed by atoms with Crippen LogP contribution in [0.1, 0.15) is 25.7 Å². The van der Waals surface area contributed by atoms with Crippen LogP contribution in [0, 0.1) is 5.92 Å². The highest BCUT2D eigenvalue weighted by Crippen LogP contribution is 2.27. The molecule has 3 rings (SSSR count). The molecule has 2 fully saturated rings. The van der Waals surface area contributed by atoms with Gasteiger partial charge in [0.1, 0.15) is 11.6 Å². The Hall–Kier alpha value is -1.60. The number of nitrogen functional groups attached to an aromatic ring is 1. The number of methoxy groups -OCH3 is 1. The number of anilines is 3. The van der Waals surface area contributed by atoms with Crippen molar-refractivity contribution in [2.24, 2.45) is 5.92 Å². The number of hydrogen-bond donors (Lipinski definition) is 1. The number of piperazine rings is 1. The summed E-state index contributed by atoms with van der Waals surface area (Å²) in [5, 5.41) is 0. The zero-order chi connectivity index (χ0) is 17.6. The minimum Gasteiger partial charge on any atom is -0.385 e. The van der Waals surface area contributed by atoms with Gasteiger partial charge in [-0.15, -0.1) is 0 Å². The topological polar surface area (TPSA) is 70.8 Å². The summed E-state index contributed by atoms with van der Waals surface area (Å²) >= 11 is 0. The Morgan fingerprint density at radius 3 is 2.56 bits per heavy atom. The Bertz CT molecular complexity index is 546. The maximum Gasteiger partial charge on any atom is 0.223 e. The molecule has 2 aliphatic rings. The first-order valence-electron chi connectivity index (χ1n) is 9.47. The minimum atomic E-state index is 0.382. The molecule has 0 saturated carbocycles. The fourth-order valence-corrected chi connectivity index (χ4v) is 3.82. The van der Waals surface area contributed by atoms with Gasteiger partial charge in [-0.25, -0.2) is 0 Å². The van der Waals surface area contributed by atoms with Crippen molar-refractivity contribution in [1.29, 1.82) is 0 Å². The first-order valence-corrected chi connectivity index (χ1v) is 9.47.